The maximum Gasteiger partial charge on any atom is 0.269 e. The first-order valence-electron chi connectivity index (χ1n) is 11.4. The summed E-state index contributed by atoms with van der Waals surface area (Å²) in [6, 6.07) is 17.4. The summed E-state index contributed by atoms with van der Waals surface area (Å²) < 4.78 is 0. The number of hydrogen-bond acceptors (Lipinski definition) is 6. The maximum absolute atomic E-state index is 14.2. The minimum absolute atomic E-state index is 0.0214. The van der Waals surface area contributed by atoms with Gasteiger partial charge in [-0.1, -0.05) is 30.3 Å². The van der Waals surface area contributed by atoms with Gasteiger partial charge in [-0.3, -0.25) is 29.6 Å². The Morgan fingerprint density at radius 2 is 2.00 bits per heavy atom. The van der Waals surface area contributed by atoms with E-state index in [4.69, 9.17) is 0 Å². The van der Waals surface area contributed by atoms with Crippen molar-refractivity contribution < 1.29 is 14.5 Å². The molecule has 0 radical (unpaired) electrons. The monoisotopic (exact) mass is 454 g/mol. The molecule has 4 unspecified atom stereocenters. The molecule has 170 valence electrons. The zero-order valence-electron chi connectivity index (χ0n) is 18.3. The first kappa shape index (κ1) is 20.7. The van der Waals surface area contributed by atoms with Gasteiger partial charge in [-0.25, -0.2) is 0 Å². The lowest BCUT2D eigenvalue weighted by Gasteiger charge is -2.36. The summed E-state index contributed by atoms with van der Waals surface area (Å²) in [7, 11) is 0. The van der Waals surface area contributed by atoms with E-state index in [9.17, 15) is 19.7 Å². The van der Waals surface area contributed by atoms with Gasteiger partial charge in [-0.05, 0) is 43.1 Å². The van der Waals surface area contributed by atoms with Crippen LogP contribution in [0.2, 0.25) is 0 Å². The molecular formula is C26H22N4O4. The Balaban J connectivity index is 1.62. The third-order valence-corrected chi connectivity index (χ3v) is 7.60. The quantitative estimate of drug-likeness (QED) is 0.364. The second-order valence-electron chi connectivity index (χ2n) is 9.13. The highest BCUT2D eigenvalue weighted by Gasteiger charge is 2.69. The fourth-order valence-corrected chi connectivity index (χ4v) is 6.42. The Kier molecular flexibility index (Phi) is 4.60. The highest BCUT2D eigenvalue weighted by molar-refractivity contribution is 6.12. The number of fused-ring (bicyclic) bond motifs is 4. The second-order valence-corrected chi connectivity index (χ2v) is 9.13. The third-order valence-electron chi connectivity index (χ3n) is 7.60. The molecule has 1 N–H and O–H groups in total. The molecule has 1 aromatic heterocycles. The molecule has 4 atom stereocenters. The van der Waals surface area contributed by atoms with Gasteiger partial charge in [0.05, 0.1) is 10.8 Å². The molecular weight excluding hydrogens is 432 g/mol. The summed E-state index contributed by atoms with van der Waals surface area (Å²) in [4.78, 5) is 45.5. The fraction of sp³-hybridized carbons (Fsp3) is 0.269. The normalized spacial score (nSPS) is 27.4. The van der Waals surface area contributed by atoms with E-state index in [0.717, 1.165) is 18.4 Å². The molecule has 1 amide bonds. The molecule has 1 spiro atoms. The minimum atomic E-state index is -1.18. The number of hydrogen-bond donors (Lipinski definition) is 1. The molecule has 0 aliphatic carbocycles. The van der Waals surface area contributed by atoms with E-state index in [1.165, 1.54) is 12.3 Å². The Bertz CT molecular complexity index is 1330. The predicted octanol–water partition coefficient (Wildman–Crippen LogP) is 3.90. The molecule has 34 heavy (non-hydrogen) atoms. The number of nitrogens with zero attached hydrogens (tertiary/aromatic N) is 3. The first-order chi connectivity index (χ1) is 16.5. The van der Waals surface area contributed by atoms with Crippen molar-refractivity contribution in [1.82, 2.24) is 9.88 Å². The fourth-order valence-electron chi connectivity index (χ4n) is 6.42. The molecule has 2 fully saturated rings. The molecule has 3 aromatic rings. The molecule has 0 bridgehead atoms. The summed E-state index contributed by atoms with van der Waals surface area (Å²) in [6.45, 7) is 0.675. The number of carbonyl (C=O) groups is 2. The van der Waals surface area contributed by atoms with Gasteiger partial charge in [0, 0.05) is 53.3 Å². The number of rotatable bonds is 4. The highest BCUT2D eigenvalue weighted by Crippen LogP contribution is 2.61. The number of amides is 1. The van der Waals surface area contributed by atoms with Crippen LogP contribution in [-0.2, 0) is 10.3 Å². The number of benzene rings is 2. The van der Waals surface area contributed by atoms with Gasteiger partial charge in [-0.15, -0.1) is 0 Å². The van der Waals surface area contributed by atoms with Crippen molar-refractivity contribution >= 4 is 23.1 Å². The van der Waals surface area contributed by atoms with Crippen LogP contribution in [-0.4, -0.2) is 39.1 Å². The van der Waals surface area contributed by atoms with Gasteiger partial charge >= 0.3 is 0 Å². The molecule has 2 saturated heterocycles. The third kappa shape index (κ3) is 2.72. The van der Waals surface area contributed by atoms with Crippen LogP contribution in [0, 0.1) is 16.0 Å². The topological polar surface area (TPSA) is 105 Å². The Morgan fingerprint density at radius 1 is 1.15 bits per heavy atom. The number of ketones is 1. The van der Waals surface area contributed by atoms with E-state index in [0.29, 0.717) is 23.4 Å². The van der Waals surface area contributed by atoms with Crippen molar-refractivity contribution in [3.8, 4) is 0 Å². The average molecular weight is 454 g/mol. The summed E-state index contributed by atoms with van der Waals surface area (Å²) >= 11 is 0. The van der Waals surface area contributed by atoms with Gasteiger partial charge in [0.25, 0.3) is 5.69 Å². The Labute approximate surface area is 195 Å². The van der Waals surface area contributed by atoms with E-state index in [2.05, 4.69) is 15.2 Å². The number of nitro groups is 1. The SMILES string of the molecule is O=C(c1cccnc1)C1C(c2cccc([N+](=O)[O-])c2)C2CCCN2C12C(=O)Nc1ccccc12. The number of non-ortho nitro benzene ring substituents is 1. The number of nitrogens with one attached hydrogen (secondary N) is 1. The summed E-state index contributed by atoms with van der Waals surface area (Å²) in [5.74, 6) is -1.53. The molecule has 6 rings (SSSR count). The molecule has 4 heterocycles. The minimum Gasteiger partial charge on any atom is -0.324 e. The van der Waals surface area contributed by atoms with Gasteiger partial charge in [0.15, 0.2) is 5.78 Å². The molecule has 3 aliphatic heterocycles. The number of anilines is 1. The number of pyridine rings is 1. The first-order valence-corrected chi connectivity index (χ1v) is 11.4. The van der Waals surface area contributed by atoms with Crippen LogP contribution in [0.5, 0.6) is 0 Å². The van der Waals surface area contributed by atoms with Crippen molar-refractivity contribution in [1.29, 1.82) is 0 Å². The van der Waals surface area contributed by atoms with Crippen LogP contribution in [0.1, 0.15) is 40.2 Å². The second kappa shape index (κ2) is 7.56. The van der Waals surface area contributed by atoms with E-state index >= 15 is 0 Å². The van der Waals surface area contributed by atoms with E-state index in [1.54, 1.807) is 30.5 Å². The van der Waals surface area contributed by atoms with Crippen molar-refractivity contribution in [2.24, 2.45) is 5.92 Å². The number of Topliss-reactive ketones (excluding diaryl/α,β-unsaturated/α-hetero) is 1. The summed E-state index contributed by atoms with van der Waals surface area (Å²) in [5, 5.41) is 14.6. The largest absolute Gasteiger partial charge is 0.324 e. The van der Waals surface area contributed by atoms with E-state index in [1.807, 2.05) is 30.3 Å². The van der Waals surface area contributed by atoms with Gasteiger partial charge in [0.2, 0.25) is 5.91 Å². The van der Waals surface area contributed by atoms with Crippen LogP contribution in [0.25, 0.3) is 0 Å². The molecule has 8 heteroatoms. The predicted molar refractivity (Wildman–Crippen MR) is 124 cm³/mol. The zero-order chi connectivity index (χ0) is 23.4. The van der Waals surface area contributed by atoms with Crippen molar-refractivity contribution in [2.45, 2.75) is 30.3 Å². The Morgan fingerprint density at radius 3 is 2.79 bits per heavy atom. The molecule has 2 aromatic carbocycles. The van der Waals surface area contributed by atoms with E-state index < -0.39 is 16.4 Å². The van der Waals surface area contributed by atoms with Crippen LogP contribution in [0.3, 0.4) is 0 Å². The summed E-state index contributed by atoms with van der Waals surface area (Å²) in [5.41, 5.74) is 1.44. The average Bonchev–Trinajstić information content (AvgIpc) is 3.52. The number of para-hydroxylation sites is 1. The van der Waals surface area contributed by atoms with E-state index in [-0.39, 0.29) is 29.3 Å². The maximum atomic E-state index is 14.2. The van der Waals surface area contributed by atoms with Crippen molar-refractivity contribution in [3.63, 3.8) is 0 Å². The lowest BCUT2D eigenvalue weighted by Crippen LogP contribution is -2.52. The number of carbonyl (C=O) groups excluding carboxylic acids is 2. The number of nitro benzene ring substituents is 1. The molecule has 3 aliphatic rings. The van der Waals surface area contributed by atoms with Crippen molar-refractivity contribution in [3.05, 3.63) is 99.9 Å². The van der Waals surface area contributed by atoms with Crippen LogP contribution < -0.4 is 5.32 Å². The lowest BCUT2D eigenvalue weighted by atomic mass is 9.69. The van der Waals surface area contributed by atoms with Gasteiger partial charge in [-0.2, -0.15) is 0 Å². The lowest BCUT2D eigenvalue weighted by molar-refractivity contribution is -0.384. The Hall–Kier alpha value is -3.91. The van der Waals surface area contributed by atoms with Gasteiger partial charge in [0.1, 0.15) is 5.54 Å². The smallest absolute Gasteiger partial charge is 0.269 e. The van der Waals surface area contributed by atoms with Gasteiger partial charge < -0.3 is 5.32 Å². The van der Waals surface area contributed by atoms with Crippen LogP contribution in [0.4, 0.5) is 11.4 Å². The van der Waals surface area contributed by atoms with Crippen LogP contribution in [0.15, 0.2) is 73.1 Å². The highest BCUT2D eigenvalue weighted by atomic mass is 16.6. The zero-order valence-corrected chi connectivity index (χ0v) is 18.3. The number of aromatic nitrogens is 1. The van der Waals surface area contributed by atoms with Crippen molar-refractivity contribution in [2.75, 3.05) is 11.9 Å². The molecule has 8 nitrogen and oxygen atoms in total. The molecule has 0 saturated carbocycles. The summed E-state index contributed by atoms with van der Waals surface area (Å²) in [6.07, 6.45) is 4.83. The van der Waals surface area contributed by atoms with Crippen LogP contribution >= 0.6 is 0 Å². The standard InChI is InChI=1S/C26H22N4O4/c31-24(17-7-4-12-27-15-17)23-22(16-6-3-8-18(14-16)30(33)34)21-11-5-13-29(21)26(23)19-9-1-2-10-20(19)28-25(26)32/h1-4,6-10,12,14-15,21-23H,5,11,13H2,(H,28,32).